The fourth-order valence-corrected chi connectivity index (χ4v) is 6.08. The number of rotatable bonds is 5. The second kappa shape index (κ2) is 10.7. The number of hydrogen-bond donors (Lipinski definition) is 1. The summed E-state index contributed by atoms with van der Waals surface area (Å²) in [6.07, 6.45) is -0.435. The molecule has 1 fully saturated rings. The molecule has 5 rings (SSSR count). The third-order valence-electron chi connectivity index (χ3n) is 7.43. The number of primary amides is 1. The molecule has 2 amide bonds. The van der Waals surface area contributed by atoms with E-state index in [4.69, 9.17) is 22.1 Å². The van der Waals surface area contributed by atoms with Gasteiger partial charge in [0.25, 0.3) is 0 Å². The van der Waals surface area contributed by atoms with Crippen LogP contribution in [0.4, 0.5) is 28.0 Å². The van der Waals surface area contributed by atoms with E-state index in [0.29, 0.717) is 11.3 Å². The van der Waals surface area contributed by atoms with Gasteiger partial charge < -0.3 is 25.0 Å². The van der Waals surface area contributed by atoms with Gasteiger partial charge in [-0.1, -0.05) is 41.9 Å². The maximum Gasteiger partial charge on any atom is 0.410 e. The maximum absolute atomic E-state index is 15.9. The quantitative estimate of drug-likeness (QED) is 0.336. The first-order chi connectivity index (χ1) is 19.7. The Morgan fingerprint density at radius 2 is 1.74 bits per heavy atom. The second-order valence-electron chi connectivity index (χ2n) is 11.2. The molecule has 0 aromatic heterocycles. The molecule has 222 valence electrons. The van der Waals surface area contributed by atoms with Gasteiger partial charge in [0.15, 0.2) is 11.6 Å². The van der Waals surface area contributed by atoms with Crippen molar-refractivity contribution >= 4 is 29.3 Å². The molecule has 3 aromatic carbocycles. The van der Waals surface area contributed by atoms with Crippen molar-refractivity contribution in [3.8, 4) is 16.9 Å². The van der Waals surface area contributed by atoms with Gasteiger partial charge in [0, 0.05) is 36.3 Å². The molecule has 12 heteroatoms. The highest BCUT2D eigenvalue weighted by molar-refractivity contribution is 6.34. The Balaban J connectivity index is 1.73. The highest BCUT2D eigenvalue weighted by Crippen LogP contribution is 2.53. The highest BCUT2D eigenvalue weighted by Gasteiger charge is 2.51. The number of alkyl halides is 2. The van der Waals surface area contributed by atoms with E-state index >= 15 is 8.78 Å². The Kier molecular flexibility index (Phi) is 7.51. The number of fused-ring (bicyclic) bond motifs is 3. The van der Waals surface area contributed by atoms with E-state index < -0.39 is 63.3 Å². The molecule has 0 bridgehead atoms. The lowest BCUT2D eigenvalue weighted by atomic mass is 9.82. The minimum atomic E-state index is -3.37. The molecule has 2 aliphatic rings. The third kappa shape index (κ3) is 5.10. The van der Waals surface area contributed by atoms with Crippen LogP contribution in [0.1, 0.15) is 42.3 Å². The molecule has 2 heterocycles. The van der Waals surface area contributed by atoms with Gasteiger partial charge in [-0.2, -0.15) is 8.78 Å². The number of nitrogens with two attached hydrogens (primary N) is 1. The van der Waals surface area contributed by atoms with Crippen LogP contribution < -0.4 is 15.4 Å². The molecule has 2 aliphatic heterocycles. The highest BCUT2D eigenvalue weighted by atomic mass is 35.5. The van der Waals surface area contributed by atoms with E-state index in [0.717, 1.165) is 17.7 Å². The van der Waals surface area contributed by atoms with Crippen molar-refractivity contribution in [1.29, 1.82) is 0 Å². The summed E-state index contributed by atoms with van der Waals surface area (Å²) in [5.74, 6) is -4.19. The molecule has 2 N–H and O–H groups in total. The Morgan fingerprint density at radius 1 is 1.05 bits per heavy atom. The number of benzene rings is 3. The van der Waals surface area contributed by atoms with Crippen LogP contribution in [-0.2, 0) is 16.7 Å². The summed E-state index contributed by atoms with van der Waals surface area (Å²) < 4.78 is 67.6. The number of nitrogens with zero attached hydrogens (tertiary/aromatic N) is 2. The average Bonchev–Trinajstić information content (AvgIpc) is 3.24. The number of carbonyl (C=O) groups is 2. The van der Waals surface area contributed by atoms with Crippen molar-refractivity contribution in [2.75, 3.05) is 24.5 Å². The van der Waals surface area contributed by atoms with Crippen LogP contribution in [-0.4, -0.2) is 48.7 Å². The zero-order valence-corrected chi connectivity index (χ0v) is 23.8. The first-order valence-corrected chi connectivity index (χ1v) is 13.5. The van der Waals surface area contributed by atoms with Crippen LogP contribution >= 0.6 is 11.6 Å². The SMILES string of the molecule is CC(C)(C)OC(=O)N1CCN2c3cc(F)c(Cl)c(-c4c(C(N)=O)ccc(OC(F)F)c4F)c3CC2(c2ccccc2)C1. The first-order valence-electron chi connectivity index (χ1n) is 13.1. The number of amides is 2. The first kappa shape index (κ1) is 29.5. The smallest absolute Gasteiger partial charge is 0.410 e. The number of anilines is 1. The predicted molar refractivity (Wildman–Crippen MR) is 149 cm³/mol. The zero-order chi connectivity index (χ0) is 30.6. The van der Waals surface area contributed by atoms with E-state index in [1.54, 1.807) is 25.7 Å². The Morgan fingerprint density at radius 3 is 2.36 bits per heavy atom. The van der Waals surface area contributed by atoms with Crippen LogP contribution in [0.5, 0.6) is 5.75 Å². The van der Waals surface area contributed by atoms with Gasteiger partial charge in [0.05, 0.1) is 22.7 Å². The Hall–Kier alpha value is -3.99. The lowest BCUT2D eigenvalue weighted by molar-refractivity contribution is -0.0521. The van der Waals surface area contributed by atoms with Crippen molar-refractivity contribution in [3.63, 3.8) is 0 Å². The number of hydrogen-bond acceptors (Lipinski definition) is 5. The van der Waals surface area contributed by atoms with Crippen LogP contribution in [0.3, 0.4) is 0 Å². The predicted octanol–water partition coefficient (Wildman–Crippen LogP) is 6.49. The summed E-state index contributed by atoms with van der Waals surface area (Å²) in [7, 11) is 0. The molecular weight excluding hydrogens is 578 g/mol. The van der Waals surface area contributed by atoms with Crippen molar-refractivity contribution in [2.45, 2.75) is 44.9 Å². The van der Waals surface area contributed by atoms with Crippen LogP contribution in [0.2, 0.25) is 5.02 Å². The van der Waals surface area contributed by atoms with E-state index in [-0.39, 0.29) is 31.6 Å². The van der Waals surface area contributed by atoms with Crippen molar-refractivity contribution in [1.82, 2.24) is 4.90 Å². The third-order valence-corrected chi connectivity index (χ3v) is 7.80. The van der Waals surface area contributed by atoms with Gasteiger partial charge in [0.1, 0.15) is 11.4 Å². The van der Waals surface area contributed by atoms with Crippen LogP contribution in [0, 0.1) is 11.6 Å². The maximum atomic E-state index is 15.9. The van der Waals surface area contributed by atoms with Crippen molar-refractivity contribution in [3.05, 3.63) is 81.9 Å². The van der Waals surface area contributed by atoms with Crippen molar-refractivity contribution in [2.24, 2.45) is 5.73 Å². The molecule has 0 radical (unpaired) electrons. The van der Waals surface area contributed by atoms with E-state index in [1.165, 1.54) is 6.07 Å². The fourth-order valence-electron chi connectivity index (χ4n) is 5.81. The van der Waals surface area contributed by atoms with E-state index in [2.05, 4.69) is 4.74 Å². The van der Waals surface area contributed by atoms with Crippen LogP contribution in [0.15, 0.2) is 48.5 Å². The summed E-state index contributed by atoms with van der Waals surface area (Å²) in [6, 6.07) is 12.3. The molecule has 1 saturated heterocycles. The monoisotopic (exact) mass is 605 g/mol. The molecule has 1 unspecified atom stereocenters. The molecule has 42 heavy (non-hydrogen) atoms. The van der Waals surface area contributed by atoms with Gasteiger partial charge in [-0.05, 0) is 50.1 Å². The number of halogens is 5. The van der Waals surface area contributed by atoms with Crippen molar-refractivity contribution < 1.29 is 36.6 Å². The summed E-state index contributed by atoms with van der Waals surface area (Å²) >= 11 is 6.47. The van der Waals surface area contributed by atoms with Gasteiger partial charge in [-0.15, -0.1) is 0 Å². The van der Waals surface area contributed by atoms with E-state index in [1.807, 2.05) is 35.2 Å². The molecule has 0 saturated carbocycles. The molecular formula is C30H28ClF4N3O4. The normalized spacial score (nSPS) is 18.1. The molecule has 0 spiro atoms. The summed E-state index contributed by atoms with van der Waals surface area (Å²) in [5, 5.41) is -0.517. The Bertz CT molecular complexity index is 1560. The topological polar surface area (TPSA) is 85.1 Å². The average molecular weight is 606 g/mol. The fraction of sp³-hybridized carbons (Fsp3) is 0.333. The lowest BCUT2D eigenvalue weighted by Crippen LogP contribution is -2.60. The van der Waals surface area contributed by atoms with Gasteiger partial charge in [-0.25, -0.2) is 13.6 Å². The van der Waals surface area contributed by atoms with Gasteiger partial charge in [-0.3, -0.25) is 4.79 Å². The summed E-state index contributed by atoms with van der Waals surface area (Å²) in [5.41, 5.74) is 4.18. The van der Waals surface area contributed by atoms with E-state index in [9.17, 15) is 18.4 Å². The van der Waals surface area contributed by atoms with Gasteiger partial charge in [0.2, 0.25) is 5.91 Å². The minimum absolute atomic E-state index is 0.0958. The lowest BCUT2D eigenvalue weighted by Gasteiger charge is -2.48. The van der Waals surface area contributed by atoms with Crippen LogP contribution in [0.25, 0.3) is 11.1 Å². The summed E-state index contributed by atoms with van der Waals surface area (Å²) in [6.45, 7) is 2.52. The number of ether oxygens (including phenoxy) is 2. The second-order valence-corrected chi connectivity index (χ2v) is 11.6. The largest absolute Gasteiger partial charge is 0.444 e. The van der Waals surface area contributed by atoms with Gasteiger partial charge >= 0.3 is 12.7 Å². The Labute approximate surface area is 244 Å². The zero-order valence-electron chi connectivity index (χ0n) is 23.0. The standard InChI is InChI=1S/C30H28ClF4N3O4/c1-29(2,3)42-28(40)37-11-12-38-20-13-19(32)24(31)22(18(20)14-30(38,15-37)16-7-5-4-6-8-16)23-17(26(36)39)9-10-21(25(23)33)41-27(34)35/h4-10,13,27H,11-12,14-15H2,1-3H3,(H2,36,39). The molecule has 3 aromatic rings. The summed E-state index contributed by atoms with van der Waals surface area (Å²) in [4.78, 5) is 29.0. The molecule has 7 nitrogen and oxygen atoms in total. The minimum Gasteiger partial charge on any atom is -0.444 e. The molecule has 1 atom stereocenters. The number of carbonyl (C=O) groups excluding carboxylic acids is 2. The number of piperazine rings is 1. The molecule has 0 aliphatic carbocycles.